The molecule has 0 unspecified atom stereocenters. The molecular weight excluding hydrogens is 392 g/mol. The van der Waals surface area contributed by atoms with Crippen LogP contribution < -0.4 is 5.56 Å². The molecule has 1 aliphatic carbocycles. The van der Waals surface area contributed by atoms with Gasteiger partial charge in [-0.2, -0.15) is 0 Å². The number of aromatic nitrogens is 2. The van der Waals surface area contributed by atoms with Gasteiger partial charge < -0.3 is 4.74 Å². The first-order valence-electron chi connectivity index (χ1n) is 10.1. The van der Waals surface area contributed by atoms with E-state index in [4.69, 9.17) is 9.72 Å². The van der Waals surface area contributed by atoms with E-state index in [2.05, 4.69) is 48.5 Å². The first-order valence-corrected chi connectivity index (χ1v) is 11.0. The normalized spacial score (nSPS) is 12.8. The van der Waals surface area contributed by atoms with E-state index in [0.29, 0.717) is 18.5 Å². The lowest BCUT2D eigenvalue weighted by atomic mass is 10.1. The second-order valence-electron chi connectivity index (χ2n) is 7.39. The zero-order chi connectivity index (χ0) is 20.5. The Hall–Kier alpha value is -2.89. The largest absolute Gasteiger partial charge is 0.385 e. The third-order valence-corrected chi connectivity index (χ3v) is 6.82. The Morgan fingerprint density at radius 3 is 2.27 bits per heavy atom. The molecule has 0 bridgehead atoms. The number of methoxy groups -OCH3 is 1. The Bertz CT molecular complexity index is 1240. The third-order valence-electron chi connectivity index (χ3n) is 5.56. The number of hydrogen-bond acceptors (Lipinski definition) is 4. The SMILES string of the molecule is COCCCn1c(SC2c3ccccc3-c3ccccc32)nc2ccccc2c1=O. The number of benzene rings is 3. The van der Waals surface area contributed by atoms with Crippen LogP contribution in [0.25, 0.3) is 22.0 Å². The predicted molar refractivity (Wildman–Crippen MR) is 122 cm³/mol. The van der Waals surface area contributed by atoms with Crippen molar-refractivity contribution >= 4 is 22.7 Å². The number of ether oxygens (including phenoxy) is 1. The van der Waals surface area contributed by atoms with E-state index in [1.165, 1.54) is 22.3 Å². The van der Waals surface area contributed by atoms with Crippen LogP contribution in [0.15, 0.2) is 82.7 Å². The number of para-hydroxylation sites is 1. The Morgan fingerprint density at radius 1 is 0.933 bits per heavy atom. The molecule has 1 heterocycles. The Balaban J connectivity index is 1.63. The quantitative estimate of drug-likeness (QED) is 0.317. The molecule has 4 aromatic rings. The molecule has 30 heavy (non-hydrogen) atoms. The van der Waals surface area contributed by atoms with E-state index in [0.717, 1.165) is 17.1 Å². The van der Waals surface area contributed by atoms with E-state index in [1.54, 1.807) is 18.9 Å². The monoisotopic (exact) mass is 414 g/mol. The van der Waals surface area contributed by atoms with Crippen LogP contribution in [0.2, 0.25) is 0 Å². The van der Waals surface area contributed by atoms with Gasteiger partial charge in [0.25, 0.3) is 5.56 Å². The predicted octanol–water partition coefficient (Wildman–Crippen LogP) is 5.30. The highest BCUT2D eigenvalue weighted by atomic mass is 32.2. The molecule has 0 aliphatic heterocycles. The Morgan fingerprint density at radius 2 is 1.57 bits per heavy atom. The number of fused-ring (bicyclic) bond motifs is 4. The summed E-state index contributed by atoms with van der Waals surface area (Å²) in [5, 5.41) is 1.52. The first kappa shape index (κ1) is 19.1. The van der Waals surface area contributed by atoms with Crippen molar-refractivity contribution in [3.63, 3.8) is 0 Å². The van der Waals surface area contributed by atoms with Crippen molar-refractivity contribution in [1.82, 2.24) is 9.55 Å². The van der Waals surface area contributed by atoms with Crippen molar-refractivity contribution in [3.8, 4) is 11.1 Å². The summed E-state index contributed by atoms with van der Waals surface area (Å²) in [5.74, 6) is 0. The molecule has 1 aromatic heterocycles. The molecule has 0 spiro atoms. The molecule has 1 aliphatic rings. The van der Waals surface area contributed by atoms with Crippen LogP contribution in [-0.2, 0) is 11.3 Å². The van der Waals surface area contributed by atoms with Gasteiger partial charge in [0.2, 0.25) is 0 Å². The first-order chi connectivity index (χ1) is 14.8. The Labute approximate surface area is 179 Å². The van der Waals surface area contributed by atoms with E-state index in [1.807, 2.05) is 28.8 Å². The molecule has 0 amide bonds. The third kappa shape index (κ3) is 3.24. The molecule has 5 heteroatoms. The standard InChI is InChI=1S/C25H22N2O2S/c1-29-16-8-15-27-24(28)21-13-6-7-14-22(21)26-25(27)30-23-19-11-4-2-9-17(19)18-10-3-5-12-20(18)23/h2-7,9-14,23H,8,15-16H2,1H3. The van der Waals surface area contributed by atoms with Gasteiger partial charge in [-0.3, -0.25) is 9.36 Å². The zero-order valence-electron chi connectivity index (χ0n) is 16.7. The summed E-state index contributed by atoms with van der Waals surface area (Å²) in [6.45, 7) is 1.20. The number of nitrogens with zero attached hydrogens (tertiary/aromatic N) is 2. The molecular formula is C25H22N2O2S. The van der Waals surface area contributed by atoms with Gasteiger partial charge in [-0.15, -0.1) is 0 Å². The van der Waals surface area contributed by atoms with Crippen LogP contribution in [0.4, 0.5) is 0 Å². The minimum atomic E-state index is 0.0128. The highest BCUT2D eigenvalue weighted by Crippen LogP contribution is 2.51. The van der Waals surface area contributed by atoms with Gasteiger partial charge in [0.1, 0.15) is 0 Å². The summed E-state index contributed by atoms with van der Waals surface area (Å²) >= 11 is 1.66. The second kappa shape index (κ2) is 8.09. The van der Waals surface area contributed by atoms with Crippen molar-refractivity contribution in [1.29, 1.82) is 0 Å². The highest BCUT2D eigenvalue weighted by Gasteiger charge is 2.30. The minimum Gasteiger partial charge on any atom is -0.385 e. The van der Waals surface area contributed by atoms with Crippen molar-refractivity contribution in [2.24, 2.45) is 0 Å². The lowest BCUT2D eigenvalue weighted by Crippen LogP contribution is -2.24. The lowest BCUT2D eigenvalue weighted by molar-refractivity contribution is 0.189. The fourth-order valence-corrected chi connectivity index (χ4v) is 5.47. The molecule has 5 rings (SSSR count). The molecule has 0 atom stereocenters. The minimum absolute atomic E-state index is 0.0128. The number of hydrogen-bond donors (Lipinski definition) is 0. The van der Waals surface area contributed by atoms with Gasteiger partial charge in [0.05, 0.1) is 16.2 Å². The summed E-state index contributed by atoms with van der Waals surface area (Å²) in [5.41, 5.74) is 5.83. The van der Waals surface area contributed by atoms with Crippen molar-refractivity contribution < 1.29 is 4.74 Å². The average Bonchev–Trinajstić information content (AvgIpc) is 3.10. The van der Waals surface area contributed by atoms with Crippen LogP contribution in [-0.4, -0.2) is 23.3 Å². The van der Waals surface area contributed by atoms with Crippen molar-refractivity contribution in [2.45, 2.75) is 23.4 Å². The highest BCUT2D eigenvalue weighted by molar-refractivity contribution is 7.99. The molecule has 0 radical (unpaired) electrons. The maximum absolute atomic E-state index is 13.3. The summed E-state index contributed by atoms with van der Waals surface area (Å²) in [7, 11) is 1.68. The maximum Gasteiger partial charge on any atom is 0.262 e. The smallest absolute Gasteiger partial charge is 0.262 e. The molecule has 4 nitrogen and oxygen atoms in total. The van der Waals surface area contributed by atoms with Gasteiger partial charge in [0, 0.05) is 20.3 Å². The van der Waals surface area contributed by atoms with Crippen LogP contribution in [0.1, 0.15) is 22.8 Å². The van der Waals surface area contributed by atoms with E-state index < -0.39 is 0 Å². The zero-order valence-corrected chi connectivity index (χ0v) is 17.6. The van der Waals surface area contributed by atoms with Crippen LogP contribution >= 0.6 is 11.8 Å². The molecule has 3 aromatic carbocycles. The average molecular weight is 415 g/mol. The fraction of sp³-hybridized carbons (Fsp3) is 0.200. The topological polar surface area (TPSA) is 44.1 Å². The molecule has 0 saturated carbocycles. The number of rotatable bonds is 6. The lowest BCUT2D eigenvalue weighted by Gasteiger charge is -2.17. The van der Waals surface area contributed by atoms with Gasteiger partial charge in [-0.25, -0.2) is 4.98 Å². The van der Waals surface area contributed by atoms with Gasteiger partial charge in [-0.05, 0) is 40.8 Å². The summed E-state index contributed by atoms with van der Waals surface area (Å²) in [4.78, 5) is 18.2. The van der Waals surface area contributed by atoms with Crippen LogP contribution in [0.5, 0.6) is 0 Å². The summed E-state index contributed by atoms with van der Waals surface area (Å²) in [6, 6.07) is 24.6. The number of thioether (sulfide) groups is 1. The van der Waals surface area contributed by atoms with Gasteiger partial charge in [-0.1, -0.05) is 72.4 Å². The van der Waals surface area contributed by atoms with Crippen molar-refractivity contribution in [2.75, 3.05) is 13.7 Å². The van der Waals surface area contributed by atoms with Gasteiger partial charge >= 0.3 is 0 Å². The van der Waals surface area contributed by atoms with E-state index >= 15 is 0 Å². The molecule has 150 valence electrons. The maximum atomic E-state index is 13.3. The molecule has 0 N–H and O–H groups in total. The van der Waals surface area contributed by atoms with Crippen molar-refractivity contribution in [3.05, 3.63) is 94.3 Å². The van der Waals surface area contributed by atoms with E-state index in [-0.39, 0.29) is 10.8 Å². The van der Waals surface area contributed by atoms with E-state index in [9.17, 15) is 4.79 Å². The van der Waals surface area contributed by atoms with Crippen LogP contribution in [0, 0.1) is 0 Å². The second-order valence-corrected chi connectivity index (χ2v) is 8.46. The summed E-state index contributed by atoms with van der Waals surface area (Å²) in [6.07, 6.45) is 0.766. The molecule has 0 fully saturated rings. The summed E-state index contributed by atoms with van der Waals surface area (Å²) < 4.78 is 7.03. The van der Waals surface area contributed by atoms with Gasteiger partial charge in [0.15, 0.2) is 5.16 Å². The molecule has 0 saturated heterocycles. The Kier molecular flexibility index (Phi) is 5.15. The van der Waals surface area contributed by atoms with Crippen LogP contribution in [0.3, 0.4) is 0 Å². The fourth-order valence-electron chi connectivity index (χ4n) is 4.14.